The highest BCUT2D eigenvalue weighted by Gasteiger charge is 2.11. The van der Waals surface area contributed by atoms with E-state index in [0.717, 1.165) is 0 Å². The normalized spacial score (nSPS) is 9.50. The number of rotatable bonds is 5. The van der Waals surface area contributed by atoms with E-state index in [4.69, 9.17) is 15.7 Å². The van der Waals surface area contributed by atoms with Gasteiger partial charge in [0.1, 0.15) is 11.8 Å². The Morgan fingerprint density at radius 2 is 2.31 bits per heavy atom. The number of hydrogen-bond acceptors (Lipinski definition) is 5. The average Bonchev–Trinajstić information content (AvgIpc) is 2.29. The third-order valence-corrected chi connectivity index (χ3v) is 1.90. The lowest BCUT2D eigenvalue weighted by Gasteiger charge is -2.06. The zero-order chi connectivity index (χ0) is 12.0. The fourth-order valence-corrected chi connectivity index (χ4v) is 1.10. The van der Waals surface area contributed by atoms with Gasteiger partial charge in [0, 0.05) is 6.07 Å². The Kier molecular flexibility index (Phi) is 4.24. The molecule has 1 aromatic carbocycles. The molecular formula is C10H11N3O3. The SMILES string of the molecule is N#Cc1ccc([N+](=O)[O-])cc1OCCCN. The Morgan fingerprint density at radius 3 is 2.88 bits per heavy atom. The number of nitro groups is 1. The van der Waals surface area contributed by atoms with Crippen molar-refractivity contribution in [2.75, 3.05) is 13.2 Å². The molecule has 0 aromatic heterocycles. The molecule has 0 spiro atoms. The molecule has 0 aliphatic rings. The maximum absolute atomic E-state index is 10.5. The summed E-state index contributed by atoms with van der Waals surface area (Å²) in [4.78, 5) is 10.00. The van der Waals surface area contributed by atoms with Crippen LogP contribution in [0, 0.1) is 21.4 Å². The Balaban J connectivity index is 2.90. The third-order valence-electron chi connectivity index (χ3n) is 1.90. The molecule has 0 aliphatic heterocycles. The van der Waals surface area contributed by atoms with Crippen molar-refractivity contribution >= 4 is 5.69 Å². The van der Waals surface area contributed by atoms with Gasteiger partial charge in [0.25, 0.3) is 5.69 Å². The van der Waals surface area contributed by atoms with E-state index in [0.29, 0.717) is 19.6 Å². The smallest absolute Gasteiger partial charge is 0.273 e. The predicted octanol–water partition coefficient (Wildman–Crippen LogP) is 1.19. The van der Waals surface area contributed by atoms with Crippen LogP contribution < -0.4 is 10.5 Å². The van der Waals surface area contributed by atoms with Gasteiger partial charge in [0.15, 0.2) is 0 Å². The number of ether oxygens (including phenoxy) is 1. The summed E-state index contributed by atoms with van der Waals surface area (Å²) in [6.45, 7) is 0.809. The van der Waals surface area contributed by atoms with Crippen LogP contribution in [0.15, 0.2) is 18.2 Å². The Morgan fingerprint density at radius 1 is 1.56 bits per heavy atom. The quantitative estimate of drug-likeness (QED) is 0.457. The summed E-state index contributed by atoms with van der Waals surface area (Å²) < 4.78 is 5.25. The number of nitrogens with zero attached hydrogens (tertiary/aromatic N) is 2. The molecule has 0 aliphatic carbocycles. The van der Waals surface area contributed by atoms with Crippen molar-refractivity contribution in [1.82, 2.24) is 0 Å². The van der Waals surface area contributed by atoms with Gasteiger partial charge in [-0.1, -0.05) is 0 Å². The molecule has 0 heterocycles. The molecule has 1 rings (SSSR count). The van der Waals surface area contributed by atoms with E-state index in [9.17, 15) is 10.1 Å². The van der Waals surface area contributed by atoms with Crippen LogP contribution in [0.4, 0.5) is 5.69 Å². The second kappa shape index (κ2) is 5.68. The molecule has 0 fully saturated rings. The van der Waals surface area contributed by atoms with Crippen molar-refractivity contribution in [1.29, 1.82) is 5.26 Å². The second-order valence-electron chi connectivity index (χ2n) is 3.04. The lowest BCUT2D eigenvalue weighted by Crippen LogP contribution is -2.07. The number of benzene rings is 1. The molecule has 0 unspecified atom stereocenters. The van der Waals surface area contributed by atoms with Gasteiger partial charge in [-0.3, -0.25) is 10.1 Å². The largest absolute Gasteiger partial charge is 0.492 e. The van der Waals surface area contributed by atoms with Crippen LogP contribution in [0.2, 0.25) is 0 Å². The number of nitro benzene ring substituents is 1. The van der Waals surface area contributed by atoms with Crippen LogP contribution in [0.25, 0.3) is 0 Å². The molecule has 84 valence electrons. The molecular weight excluding hydrogens is 210 g/mol. The van der Waals surface area contributed by atoms with Gasteiger partial charge in [-0.05, 0) is 19.0 Å². The van der Waals surface area contributed by atoms with Gasteiger partial charge in [-0.25, -0.2) is 0 Å². The van der Waals surface area contributed by atoms with Crippen molar-refractivity contribution in [3.05, 3.63) is 33.9 Å². The molecule has 0 radical (unpaired) electrons. The topological polar surface area (TPSA) is 102 Å². The van der Waals surface area contributed by atoms with E-state index >= 15 is 0 Å². The number of hydrogen-bond donors (Lipinski definition) is 1. The first-order valence-corrected chi connectivity index (χ1v) is 4.70. The van der Waals surface area contributed by atoms with Crippen LogP contribution in [-0.4, -0.2) is 18.1 Å². The van der Waals surface area contributed by atoms with Crippen LogP contribution in [0.3, 0.4) is 0 Å². The number of nitrogens with two attached hydrogens (primary N) is 1. The minimum absolute atomic E-state index is 0.0956. The lowest BCUT2D eigenvalue weighted by molar-refractivity contribution is -0.384. The minimum Gasteiger partial charge on any atom is -0.492 e. The summed E-state index contributed by atoms with van der Waals surface area (Å²) in [6.07, 6.45) is 0.633. The Bertz CT molecular complexity index is 426. The van der Waals surface area contributed by atoms with E-state index in [1.54, 1.807) is 0 Å². The van der Waals surface area contributed by atoms with Crippen LogP contribution in [0.1, 0.15) is 12.0 Å². The molecule has 16 heavy (non-hydrogen) atoms. The second-order valence-corrected chi connectivity index (χ2v) is 3.04. The highest BCUT2D eigenvalue weighted by Crippen LogP contribution is 2.24. The van der Waals surface area contributed by atoms with Crippen LogP contribution in [0.5, 0.6) is 5.75 Å². The minimum atomic E-state index is -0.531. The third kappa shape index (κ3) is 2.93. The van der Waals surface area contributed by atoms with Crippen LogP contribution in [-0.2, 0) is 0 Å². The molecule has 6 nitrogen and oxygen atoms in total. The van der Waals surface area contributed by atoms with Gasteiger partial charge >= 0.3 is 0 Å². The maximum atomic E-state index is 10.5. The summed E-state index contributed by atoms with van der Waals surface area (Å²) >= 11 is 0. The Hall–Kier alpha value is -2.13. The number of non-ortho nitro benzene ring substituents is 1. The van der Waals surface area contributed by atoms with Crippen molar-refractivity contribution in [2.45, 2.75) is 6.42 Å². The fraction of sp³-hybridized carbons (Fsp3) is 0.300. The average molecular weight is 221 g/mol. The van der Waals surface area contributed by atoms with E-state index < -0.39 is 4.92 Å². The van der Waals surface area contributed by atoms with Crippen molar-refractivity contribution < 1.29 is 9.66 Å². The Labute approximate surface area is 92.4 Å². The molecule has 0 saturated heterocycles. The molecule has 0 atom stereocenters. The van der Waals surface area contributed by atoms with E-state index in [1.807, 2.05) is 6.07 Å². The molecule has 0 amide bonds. The van der Waals surface area contributed by atoms with Gasteiger partial charge in [-0.2, -0.15) is 5.26 Å². The zero-order valence-electron chi connectivity index (χ0n) is 8.55. The highest BCUT2D eigenvalue weighted by molar-refractivity contribution is 5.49. The van der Waals surface area contributed by atoms with Gasteiger partial charge in [0.2, 0.25) is 0 Å². The molecule has 0 saturated carbocycles. The van der Waals surface area contributed by atoms with Gasteiger partial charge in [-0.15, -0.1) is 0 Å². The van der Waals surface area contributed by atoms with E-state index in [-0.39, 0.29) is 17.0 Å². The number of nitriles is 1. The van der Waals surface area contributed by atoms with Gasteiger partial charge in [0.05, 0.1) is 23.2 Å². The fourth-order valence-electron chi connectivity index (χ4n) is 1.10. The summed E-state index contributed by atoms with van der Waals surface area (Å²) in [5.74, 6) is 0.227. The zero-order valence-corrected chi connectivity index (χ0v) is 8.55. The first-order valence-electron chi connectivity index (χ1n) is 4.70. The van der Waals surface area contributed by atoms with E-state index in [2.05, 4.69) is 0 Å². The van der Waals surface area contributed by atoms with Crippen molar-refractivity contribution in [3.8, 4) is 11.8 Å². The predicted molar refractivity (Wildman–Crippen MR) is 57.0 cm³/mol. The summed E-state index contributed by atoms with van der Waals surface area (Å²) in [5.41, 5.74) is 5.47. The standard InChI is InChI=1S/C10H11N3O3/c11-4-1-5-16-10-6-9(13(14)15)3-2-8(10)7-12/h2-3,6H,1,4-5,11H2. The molecule has 2 N–H and O–H groups in total. The van der Waals surface area contributed by atoms with Gasteiger partial charge < -0.3 is 10.5 Å². The summed E-state index contributed by atoms with van der Waals surface area (Å²) in [7, 11) is 0. The van der Waals surface area contributed by atoms with E-state index in [1.165, 1.54) is 18.2 Å². The first-order chi connectivity index (χ1) is 7.69. The molecule has 1 aromatic rings. The first kappa shape index (κ1) is 11.9. The van der Waals surface area contributed by atoms with Crippen LogP contribution >= 0.6 is 0 Å². The molecule has 0 bridgehead atoms. The molecule has 6 heteroatoms. The lowest BCUT2D eigenvalue weighted by atomic mass is 10.2. The maximum Gasteiger partial charge on any atom is 0.273 e. The highest BCUT2D eigenvalue weighted by atomic mass is 16.6. The summed E-state index contributed by atoms with van der Waals surface area (Å²) in [6, 6.07) is 5.80. The monoisotopic (exact) mass is 221 g/mol. The van der Waals surface area contributed by atoms with Crippen molar-refractivity contribution in [3.63, 3.8) is 0 Å². The van der Waals surface area contributed by atoms with Crippen molar-refractivity contribution in [2.24, 2.45) is 5.73 Å². The summed E-state index contributed by atoms with van der Waals surface area (Å²) in [5, 5.41) is 19.3.